The molecule has 2 aromatic rings. The first-order valence-electron chi connectivity index (χ1n) is 10.2. The molecular formula is C23H22BrF3N2O4S. The van der Waals surface area contributed by atoms with Crippen LogP contribution in [0.5, 0.6) is 5.75 Å². The van der Waals surface area contributed by atoms with E-state index in [1.54, 1.807) is 24.3 Å². The minimum absolute atomic E-state index is 0.0443. The minimum atomic E-state index is -3.27. The number of carboxylic acid groups (broad SMARTS) is 1. The van der Waals surface area contributed by atoms with Crippen LogP contribution in [0.15, 0.2) is 51.9 Å². The molecule has 182 valence electrons. The van der Waals surface area contributed by atoms with Crippen LogP contribution in [0.25, 0.3) is 0 Å². The zero-order chi connectivity index (χ0) is 24.9. The predicted molar refractivity (Wildman–Crippen MR) is 126 cm³/mol. The molecule has 0 radical (unpaired) electrons. The van der Waals surface area contributed by atoms with Gasteiger partial charge in [-0.05, 0) is 42.8 Å². The first-order valence-corrected chi connectivity index (χ1v) is 11.9. The third kappa shape index (κ3) is 3.87. The summed E-state index contributed by atoms with van der Waals surface area (Å²) < 4.78 is 54.8. The van der Waals surface area contributed by atoms with E-state index in [1.165, 1.54) is 39.3 Å². The predicted octanol–water partition coefficient (Wildman–Crippen LogP) is 5.75. The number of nitrogens with zero attached hydrogens (tertiary/aromatic N) is 2. The van der Waals surface area contributed by atoms with Gasteiger partial charge in [-0.25, -0.2) is 18.0 Å². The van der Waals surface area contributed by atoms with Crippen LogP contribution in [0.1, 0.15) is 18.1 Å². The Labute approximate surface area is 207 Å². The van der Waals surface area contributed by atoms with Gasteiger partial charge in [-0.2, -0.15) is 0 Å². The van der Waals surface area contributed by atoms with Crippen molar-refractivity contribution < 1.29 is 32.5 Å². The number of benzene rings is 2. The molecule has 6 nitrogen and oxygen atoms in total. The number of ether oxygens (including phenoxy) is 2. The Balaban J connectivity index is 1.83. The molecular weight excluding hydrogens is 537 g/mol. The second-order valence-corrected chi connectivity index (χ2v) is 10.6. The minimum Gasteiger partial charge on any atom is -0.497 e. The number of thioether (sulfide) groups is 1. The number of hydrogen-bond donors (Lipinski definition) is 1. The first-order chi connectivity index (χ1) is 16.0. The number of methoxy groups -OCH3 is 2. The number of alkyl halides is 2. The van der Waals surface area contributed by atoms with Gasteiger partial charge in [0.25, 0.3) is 5.92 Å². The number of amidine groups is 1. The average molecular weight is 559 g/mol. The summed E-state index contributed by atoms with van der Waals surface area (Å²) in [7, 11) is 2.81. The molecule has 11 heteroatoms. The van der Waals surface area contributed by atoms with Crippen molar-refractivity contribution in [2.24, 2.45) is 10.9 Å². The number of carbonyl (C=O) groups is 1. The summed E-state index contributed by atoms with van der Waals surface area (Å²) in [6, 6.07) is 10.7. The second-order valence-electron chi connectivity index (χ2n) is 8.36. The SMILES string of the molecule is COCC12SC(N(Cc3ccc(OC)cc3)C(=O)O)=N[C@](C)(c3cc(Br)ccc3F)C1C2(F)F. The van der Waals surface area contributed by atoms with Crippen LogP contribution < -0.4 is 4.74 Å². The summed E-state index contributed by atoms with van der Waals surface area (Å²) in [6.45, 7) is 0.929. The van der Waals surface area contributed by atoms with Gasteiger partial charge in [0.1, 0.15) is 16.3 Å². The number of hydrogen-bond acceptors (Lipinski definition) is 5. The second kappa shape index (κ2) is 8.76. The van der Waals surface area contributed by atoms with Gasteiger partial charge in [-0.1, -0.05) is 39.8 Å². The van der Waals surface area contributed by atoms with Gasteiger partial charge in [-0.3, -0.25) is 9.89 Å². The fourth-order valence-corrected chi connectivity index (χ4v) is 6.63. The molecule has 1 aliphatic heterocycles. The van der Waals surface area contributed by atoms with Gasteiger partial charge in [-0.15, -0.1) is 0 Å². The fraction of sp³-hybridized carbons (Fsp3) is 0.391. The summed E-state index contributed by atoms with van der Waals surface area (Å²) in [6.07, 6.45) is -1.37. The van der Waals surface area contributed by atoms with Crippen LogP contribution in [0, 0.1) is 11.7 Å². The highest BCUT2D eigenvalue weighted by atomic mass is 79.9. The summed E-state index contributed by atoms with van der Waals surface area (Å²) >= 11 is 3.94. The maximum Gasteiger partial charge on any atom is 0.413 e. The number of aliphatic imine (C=N–C) groups is 1. The van der Waals surface area contributed by atoms with E-state index in [-0.39, 0.29) is 23.9 Å². The molecule has 1 aliphatic carbocycles. The monoisotopic (exact) mass is 558 g/mol. The van der Waals surface area contributed by atoms with Gasteiger partial charge in [0.05, 0.1) is 31.7 Å². The van der Waals surface area contributed by atoms with Gasteiger partial charge >= 0.3 is 6.09 Å². The van der Waals surface area contributed by atoms with Crippen molar-refractivity contribution in [2.45, 2.75) is 29.7 Å². The van der Waals surface area contributed by atoms with Crippen molar-refractivity contribution in [2.75, 3.05) is 20.8 Å². The Morgan fingerprint density at radius 1 is 1.24 bits per heavy atom. The smallest absolute Gasteiger partial charge is 0.413 e. The van der Waals surface area contributed by atoms with Gasteiger partial charge in [0.15, 0.2) is 5.17 Å². The lowest BCUT2D eigenvalue weighted by molar-refractivity contribution is 0.0636. The molecule has 1 amide bonds. The Bertz CT molecular complexity index is 1150. The van der Waals surface area contributed by atoms with Crippen molar-refractivity contribution >= 4 is 39.0 Å². The zero-order valence-corrected chi connectivity index (χ0v) is 20.9. The molecule has 0 bridgehead atoms. The molecule has 2 aromatic carbocycles. The van der Waals surface area contributed by atoms with E-state index in [0.29, 0.717) is 27.5 Å². The molecule has 2 aliphatic rings. The van der Waals surface area contributed by atoms with Gasteiger partial charge in [0, 0.05) is 17.1 Å². The van der Waals surface area contributed by atoms with Crippen LogP contribution in [0.4, 0.5) is 18.0 Å². The highest BCUT2D eigenvalue weighted by Crippen LogP contribution is 2.75. The standard InChI is InChI=1S/C23H22BrF3N2O4S/c1-21(16-10-14(24)6-9-17(16)25)18-22(12-32-2,23(18,26)27)34-19(28-21)29(20(30)31)11-13-4-7-15(33-3)8-5-13/h4-10,18H,11-12H2,1-3H3,(H,30,31)/t18?,21-,22?/m1/s1. The topological polar surface area (TPSA) is 71.4 Å². The number of halogens is 4. The van der Waals surface area contributed by atoms with E-state index < -0.39 is 34.0 Å². The molecule has 34 heavy (non-hydrogen) atoms. The number of fused-ring (bicyclic) bond motifs is 1. The van der Waals surface area contributed by atoms with Crippen LogP contribution >= 0.6 is 27.7 Å². The summed E-state index contributed by atoms with van der Waals surface area (Å²) in [5.41, 5.74) is -1.17. The lowest BCUT2D eigenvalue weighted by Gasteiger charge is -2.35. The van der Waals surface area contributed by atoms with E-state index in [9.17, 15) is 14.3 Å². The Morgan fingerprint density at radius 2 is 1.91 bits per heavy atom. The zero-order valence-electron chi connectivity index (χ0n) is 18.5. The number of rotatable bonds is 6. The summed E-state index contributed by atoms with van der Waals surface area (Å²) in [5, 5.41) is 9.83. The van der Waals surface area contributed by atoms with Crippen molar-refractivity contribution in [1.82, 2.24) is 4.90 Å². The quantitative estimate of drug-likeness (QED) is 0.489. The average Bonchev–Trinajstić information content (AvgIpc) is 3.29. The normalized spacial score (nSPS) is 26.9. The van der Waals surface area contributed by atoms with Crippen molar-refractivity contribution in [3.63, 3.8) is 0 Å². The largest absolute Gasteiger partial charge is 0.497 e. The van der Waals surface area contributed by atoms with Crippen molar-refractivity contribution in [3.8, 4) is 5.75 Å². The van der Waals surface area contributed by atoms with E-state index in [0.717, 1.165) is 4.90 Å². The summed E-state index contributed by atoms with van der Waals surface area (Å²) in [4.78, 5) is 17.6. The van der Waals surface area contributed by atoms with E-state index >= 15 is 8.78 Å². The van der Waals surface area contributed by atoms with E-state index in [1.807, 2.05) is 0 Å². The molecule has 4 rings (SSSR count). The van der Waals surface area contributed by atoms with E-state index in [4.69, 9.17) is 9.47 Å². The molecule has 0 spiro atoms. The molecule has 0 saturated heterocycles. The third-order valence-electron chi connectivity index (χ3n) is 6.27. The van der Waals surface area contributed by atoms with Crippen molar-refractivity contribution in [3.05, 3.63) is 63.9 Å². The Kier molecular flexibility index (Phi) is 6.41. The lowest BCUT2D eigenvalue weighted by atomic mass is 9.85. The molecule has 1 heterocycles. The maximum atomic E-state index is 15.4. The van der Waals surface area contributed by atoms with Crippen LogP contribution in [0.2, 0.25) is 0 Å². The van der Waals surface area contributed by atoms with Gasteiger partial charge < -0.3 is 14.6 Å². The van der Waals surface area contributed by atoms with Crippen LogP contribution in [-0.4, -0.2) is 52.8 Å². The number of amides is 1. The first kappa shape index (κ1) is 24.9. The highest BCUT2D eigenvalue weighted by Gasteiger charge is 2.88. The highest BCUT2D eigenvalue weighted by molar-refractivity contribution is 9.10. The van der Waals surface area contributed by atoms with E-state index in [2.05, 4.69) is 20.9 Å². The van der Waals surface area contributed by atoms with Crippen LogP contribution in [0.3, 0.4) is 0 Å². The fourth-order valence-electron chi connectivity index (χ4n) is 4.59. The van der Waals surface area contributed by atoms with Crippen LogP contribution in [-0.2, 0) is 16.8 Å². The molecule has 2 unspecified atom stereocenters. The molecule has 0 aromatic heterocycles. The Hall–Kier alpha value is -2.24. The molecule has 3 atom stereocenters. The Morgan fingerprint density at radius 3 is 2.50 bits per heavy atom. The molecule has 1 N–H and O–H groups in total. The molecule has 1 fully saturated rings. The van der Waals surface area contributed by atoms with Crippen molar-refractivity contribution in [1.29, 1.82) is 0 Å². The summed E-state index contributed by atoms with van der Waals surface area (Å²) in [5.74, 6) is -4.77. The lowest BCUT2D eigenvalue weighted by Crippen LogP contribution is -2.43. The molecule has 1 saturated carbocycles. The maximum absolute atomic E-state index is 15.4. The third-order valence-corrected chi connectivity index (χ3v) is 8.24. The van der Waals surface area contributed by atoms with Gasteiger partial charge in [0.2, 0.25) is 0 Å².